The molecule has 8 heteroatoms. The predicted molar refractivity (Wildman–Crippen MR) is 128 cm³/mol. The molecule has 0 unspecified atom stereocenters. The van der Waals surface area contributed by atoms with Crippen molar-refractivity contribution in [3.05, 3.63) is 53.6 Å². The summed E-state index contributed by atoms with van der Waals surface area (Å²) in [6.45, 7) is 1.29. The van der Waals surface area contributed by atoms with Gasteiger partial charge in [-0.3, -0.25) is 4.79 Å². The van der Waals surface area contributed by atoms with Crippen LogP contribution in [0.5, 0.6) is 5.75 Å². The van der Waals surface area contributed by atoms with Crippen molar-refractivity contribution >= 4 is 33.2 Å². The number of rotatable bonds is 5. The van der Waals surface area contributed by atoms with Gasteiger partial charge in [-0.25, -0.2) is 8.42 Å². The Morgan fingerprint density at radius 1 is 0.909 bits per heavy atom. The molecule has 1 saturated carbocycles. The van der Waals surface area contributed by atoms with Crippen LogP contribution in [0.4, 0.5) is 5.69 Å². The molecule has 2 aromatic rings. The zero-order chi connectivity index (χ0) is 23.1. The Balaban J connectivity index is 1.25. The summed E-state index contributed by atoms with van der Waals surface area (Å²) in [5.41, 5.74) is 0.382. The van der Waals surface area contributed by atoms with E-state index in [4.69, 9.17) is 16.3 Å². The molecule has 0 bridgehead atoms. The molecule has 2 aliphatic heterocycles. The Hall–Kier alpha value is -2.09. The van der Waals surface area contributed by atoms with E-state index in [1.54, 1.807) is 18.2 Å². The topological polar surface area (TPSA) is 66.9 Å². The monoisotopic (exact) mass is 488 g/mol. The second kappa shape index (κ2) is 8.93. The number of ether oxygens (including phenoxy) is 1. The number of hydrogen-bond acceptors (Lipinski definition) is 4. The second-order valence-electron chi connectivity index (χ2n) is 9.34. The smallest absolute Gasteiger partial charge is 0.244 e. The van der Waals surface area contributed by atoms with E-state index in [-0.39, 0.29) is 15.8 Å². The minimum atomic E-state index is -3.67. The molecule has 5 rings (SSSR count). The lowest BCUT2D eigenvalue weighted by atomic mass is 9.77. The van der Waals surface area contributed by atoms with Crippen LogP contribution in [0.2, 0.25) is 5.02 Å². The minimum absolute atomic E-state index is 0.0988. The van der Waals surface area contributed by atoms with Crippen molar-refractivity contribution in [1.82, 2.24) is 4.31 Å². The average molecular weight is 489 g/mol. The lowest BCUT2D eigenvalue weighted by Crippen LogP contribution is -2.46. The maximum absolute atomic E-state index is 13.4. The molecular weight excluding hydrogens is 460 g/mol. The van der Waals surface area contributed by atoms with Gasteiger partial charge in [0, 0.05) is 25.3 Å². The number of hydrogen-bond donors (Lipinski definition) is 0. The molecule has 6 nitrogen and oxygen atoms in total. The molecule has 2 heterocycles. The van der Waals surface area contributed by atoms with Gasteiger partial charge in [0.2, 0.25) is 15.9 Å². The first kappa shape index (κ1) is 22.7. The summed E-state index contributed by atoms with van der Waals surface area (Å²) >= 11 is 6.14. The van der Waals surface area contributed by atoms with Gasteiger partial charge in [0.15, 0.2) is 0 Å². The number of sulfonamides is 1. The number of anilines is 1. The summed E-state index contributed by atoms with van der Waals surface area (Å²) in [6.07, 6.45) is 6.76. The van der Waals surface area contributed by atoms with Gasteiger partial charge >= 0.3 is 0 Å². The first-order chi connectivity index (χ1) is 15.9. The van der Waals surface area contributed by atoms with Crippen molar-refractivity contribution in [2.45, 2.75) is 55.9 Å². The first-order valence-electron chi connectivity index (χ1n) is 11.7. The van der Waals surface area contributed by atoms with Crippen molar-refractivity contribution in [3.63, 3.8) is 0 Å². The van der Waals surface area contributed by atoms with Crippen LogP contribution in [0.15, 0.2) is 53.4 Å². The summed E-state index contributed by atoms with van der Waals surface area (Å²) in [6, 6.07) is 14.3. The van der Waals surface area contributed by atoms with E-state index in [1.807, 2.05) is 29.2 Å². The summed E-state index contributed by atoms with van der Waals surface area (Å²) in [5, 5.41) is 0.223. The first-order valence-corrected chi connectivity index (χ1v) is 13.5. The molecule has 1 amide bonds. The van der Waals surface area contributed by atoms with Gasteiger partial charge in [-0.1, -0.05) is 23.7 Å². The molecule has 1 aliphatic carbocycles. The largest absolute Gasteiger partial charge is 0.490 e. The third-order valence-electron chi connectivity index (χ3n) is 7.40. The van der Waals surface area contributed by atoms with Crippen molar-refractivity contribution in [2.24, 2.45) is 5.41 Å². The number of nitrogens with zero attached hydrogens (tertiary/aromatic N) is 2. The molecule has 0 atom stereocenters. The van der Waals surface area contributed by atoms with Gasteiger partial charge in [-0.15, -0.1) is 0 Å². The van der Waals surface area contributed by atoms with E-state index in [1.165, 1.54) is 23.2 Å². The van der Waals surface area contributed by atoms with Crippen LogP contribution < -0.4 is 9.64 Å². The zero-order valence-corrected chi connectivity index (χ0v) is 20.2. The van der Waals surface area contributed by atoms with Crippen LogP contribution in [-0.4, -0.2) is 44.4 Å². The van der Waals surface area contributed by atoms with E-state index in [9.17, 15) is 13.2 Å². The fourth-order valence-electron chi connectivity index (χ4n) is 5.38. The quantitative estimate of drug-likeness (QED) is 0.602. The van der Waals surface area contributed by atoms with E-state index >= 15 is 0 Å². The number of halogens is 1. The highest BCUT2D eigenvalue weighted by atomic mass is 35.5. The number of amides is 1. The van der Waals surface area contributed by atoms with Crippen molar-refractivity contribution in [1.29, 1.82) is 0 Å². The lowest BCUT2D eigenvalue weighted by molar-refractivity contribution is -0.127. The Kier molecular flexibility index (Phi) is 6.14. The normalized spacial score (nSPS) is 21.7. The predicted octanol–water partition coefficient (Wildman–Crippen LogP) is 4.87. The van der Waals surface area contributed by atoms with Gasteiger partial charge in [0.05, 0.1) is 16.5 Å². The number of piperidine rings is 1. The maximum atomic E-state index is 13.4. The molecular formula is C25H29ClN2O4S. The van der Waals surface area contributed by atoms with Crippen molar-refractivity contribution < 1.29 is 17.9 Å². The van der Waals surface area contributed by atoms with E-state index in [0.29, 0.717) is 38.6 Å². The van der Waals surface area contributed by atoms with E-state index in [0.717, 1.165) is 30.7 Å². The Morgan fingerprint density at radius 2 is 1.55 bits per heavy atom. The molecule has 0 radical (unpaired) electrons. The zero-order valence-electron chi connectivity index (χ0n) is 18.6. The Labute approximate surface area is 200 Å². The van der Waals surface area contributed by atoms with Crippen LogP contribution in [0.1, 0.15) is 44.9 Å². The van der Waals surface area contributed by atoms with Crippen molar-refractivity contribution in [2.75, 3.05) is 24.5 Å². The maximum Gasteiger partial charge on any atom is 0.244 e. The van der Waals surface area contributed by atoms with Crippen molar-refractivity contribution in [3.8, 4) is 5.75 Å². The molecule has 2 saturated heterocycles. The summed E-state index contributed by atoms with van der Waals surface area (Å²) in [5.74, 6) is 0.951. The number of benzene rings is 2. The molecule has 33 heavy (non-hydrogen) atoms. The fourth-order valence-corrected chi connectivity index (χ4v) is 7.32. The molecule has 0 N–H and O–H groups in total. The molecule has 1 spiro atoms. The third-order valence-corrected chi connectivity index (χ3v) is 9.80. The lowest BCUT2D eigenvalue weighted by Gasteiger charge is -2.37. The molecule has 3 aliphatic rings. The molecule has 0 aromatic heterocycles. The van der Waals surface area contributed by atoms with Crippen LogP contribution >= 0.6 is 11.6 Å². The van der Waals surface area contributed by atoms with Gasteiger partial charge in [0.1, 0.15) is 10.6 Å². The highest BCUT2D eigenvalue weighted by Gasteiger charge is 2.50. The highest BCUT2D eigenvalue weighted by molar-refractivity contribution is 7.89. The molecule has 3 fully saturated rings. The van der Waals surface area contributed by atoms with Gasteiger partial charge < -0.3 is 9.64 Å². The fraction of sp³-hybridized carbons (Fsp3) is 0.480. The minimum Gasteiger partial charge on any atom is -0.490 e. The summed E-state index contributed by atoms with van der Waals surface area (Å²) in [4.78, 5) is 15.4. The third kappa shape index (κ3) is 4.27. The summed E-state index contributed by atoms with van der Waals surface area (Å²) < 4.78 is 33.6. The van der Waals surface area contributed by atoms with Gasteiger partial charge in [0.25, 0.3) is 0 Å². The molecule has 176 valence electrons. The molecule has 2 aromatic carbocycles. The van der Waals surface area contributed by atoms with E-state index in [2.05, 4.69) is 0 Å². The van der Waals surface area contributed by atoms with Crippen LogP contribution in [0, 0.1) is 5.41 Å². The highest BCUT2D eigenvalue weighted by Crippen LogP contribution is 2.44. The van der Waals surface area contributed by atoms with Crippen LogP contribution in [0.25, 0.3) is 0 Å². The van der Waals surface area contributed by atoms with Crippen LogP contribution in [-0.2, 0) is 14.8 Å². The average Bonchev–Trinajstić information content (AvgIpc) is 3.44. The standard InChI is InChI=1S/C25H29ClN2O4S/c26-22-7-3-4-8-23(22)33(30,31)27-16-13-25(14-17-27)15-18-28(24(25)29)19-9-11-21(12-10-19)32-20-5-1-2-6-20/h3-4,7-12,20H,1-2,5-6,13-18H2. The Morgan fingerprint density at radius 3 is 2.21 bits per heavy atom. The van der Waals surface area contributed by atoms with E-state index < -0.39 is 15.4 Å². The van der Waals surface area contributed by atoms with Crippen LogP contribution in [0.3, 0.4) is 0 Å². The van der Waals surface area contributed by atoms with Gasteiger partial charge in [-0.05, 0) is 81.3 Å². The second-order valence-corrected chi connectivity index (χ2v) is 11.7. The number of carbonyl (C=O) groups is 1. The van der Waals surface area contributed by atoms with Gasteiger partial charge in [-0.2, -0.15) is 4.31 Å². The number of carbonyl (C=O) groups excluding carboxylic acids is 1. The SMILES string of the molecule is O=C1N(c2ccc(OC3CCCC3)cc2)CCC12CCN(S(=O)(=O)c1ccccc1Cl)CC2. The summed E-state index contributed by atoms with van der Waals surface area (Å²) in [7, 11) is -3.67. The Bertz CT molecular complexity index is 1120.